The number of hydrazine groups is 1. The monoisotopic (exact) mass is 277 g/mol. The Hall–Kier alpha value is -1.36. The van der Waals surface area contributed by atoms with Crippen molar-refractivity contribution in [3.8, 4) is 0 Å². The van der Waals surface area contributed by atoms with Crippen molar-refractivity contribution in [2.45, 2.75) is 52.9 Å². The van der Waals surface area contributed by atoms with Gasteiger partial charge in [-0.2, -0.15) is 0 Å². The van der Waals surface area contributed by atoms with Crippen molar-refractivity contribution in [3.05, 3.63) is 11.4 Å². The Bertz CT molecular complexity index is 478. The Morgan fingerprint density at radius 1 is 1.35 bits per heavy atom. The van der Waals surface area contributed by atoms with Crippen molar-refractivity contribution < 1.29 is 0 Å². The number of hydrogen-bond donors (Lipinski definition) is 2. The Balaban J connectivity index is 2.41. The van der Waals surface area contributed by atoms with Gasteiger partial charge < -0.3 is 10.3 Å². The fourth-order valence-electron chi connectivity index (χ4n) is 2.65. The highest BCUT2D eigenvalue weighted by atomic mass is 15.3. The zero-order chi connectivity index (χ0) is 14.9. The zero-order valence-corrected chi connectivity index (χ0v) is 13.3. The second-order valence-corrected chi connectivity index (χ2v) is 6.75. The fourth-order valence-corrected chi connectivity index (χ4v) is 2.65. The highest BCUT2D eigenvalue weighted by Crippen LogP contribution is 2.31. The maximum Gasteiger partial charge on any atom is 0.148 e. The van der Waals surface area contributed by atoms with Crippen LogP contribution in [0.1, 0.15) is 51.9 Å². The molecule has 0 aromatic carbocycles. The van der Waals surface area contributed by atoms with Gasteiger partial charge in [-0.15, -0.1) is 0 Å². The molecule has 5 heteroatoms. The van der Waals surface area contributed by atoms with E-state index in [1.165, 1.54) is 12.8 Å². The van der Waals surface area contributed by atoms with Gasteiger partial charge in [-0.3, -0.25) is 0 Å². The minimum atomic E-state index is -0.0854. The van der Waals surface area contributed by atoms with Crippen LogP contribution in [0.4, 0.5) is 11.6 Å². The summed E-state index contributed by atoms with van der Waals surface area (Å²) in [4.78, 5) is 11.8. The number of anilines is 2. The van der Waals surface area contributed by atoms with Gasteiger partial charge in [-0.25, -0.2) is 15.8 Å². The van der Waals surface area contributed by atoms with Crippen LogP contribution in [0.15, 0.2) is 0 Å². The molecule has 0 radical (unpaired) electrons. The molecule has 1 unspecified atom stereocenters. The number of nitrogen functional groups attached to an aromatic ring is 1. The third-order valence-electron chi connectivity index (χ3n) is 4.09. The predicted octanol–water partition coefficient (Wildman–Crippen LogP) is 2.60. The van der Waals surface area contributed by atoms with Crippen LogP contribution in [0.3, 0.4) is 0 Å². The first-order valence-electron chi connectivity index (χ1n) is 7.47. The Morgan fingerprint density at radius 2 is 2.05 bits per heavy atom. The lowest BCUT2D eigenvalue weighted by atomic mass is 9.95. The minimum absolute atomic E-state index is 0.0854. The predicted molar refractivity (Wildman–Crippen MR) is 83.9 cm³/mol. The highest BCUT2D eigenvalue weighted by molar-refractivity contribution is 5.59. The fraction of sp³-hybridized carbons (Fsp3) is 0.733. The first kappa shape index (κ1) is 15.0. The van der Waals surface area contributed by atoms with E-state index in [1.807, 2.05) is 6.92 Å². The van der Waals surface area contributed by atoms with Crippen molar-refractivity contribution in [2.24, 2.45) is 11.8 Å². The van der Waals surface area contributed by atoms with Crippen molar-refractivity contribution in [2.75, 3.05) is 23.4 Å². The smallest absolute Gasteiger partial charge is 0.148 e. The lowest BCUT2D eigenvalue weighted by molar-refractivity contribution is 0.543. The summed E-state index contributed by atoms with van der Waals surface area (Å²) in [5.41, 5.74) is 3.67. The number of nitrogens with zero attached hydrogens (tertiary/aromatic N) is 3. The topological polar surface area (TPSA) is 67.1 Å². The average molecular weight is 277 g/mol. The number of aromatic nitrogens is 2. The molecule has 1 saturated heterocycles. The van der Waals surface area contributed by atoms with Gasteiger partial charge in [-0.1, -0.05) is 34.1 Å². The van der Waals surface area contributed by atoms with Crippen molar-refractivity contribution in [1.29, 1.82) is 0 Å². The molecule has 3 N–H and O–H groups in total. The minimum Gasteiger partial charge on any atom is -0.356 e. The molecule has 1 atom stereocenters. The van der Waals surface area contributed by atoms with E-state index in [0.29, 0.717) is 0 Å². The molecule has 0 aliphatic carbocycles. The van der Waals surface area contributed by atoms with Crippen LogP contribution in [-0.2, 0) is 5.41 Å². The molecule has 1 aliphatic rings. The van der Waals surface area contributed by atoms with Crippen LogP contribution >= 0.6 is 0 Å². The molecule has 20 heavy (non-hydrogen) atoms. The normalized spacial score (nSPS) is 19.5. The van der Waals surface area contributed by atoms with Crippen LogP contribution in [0.2, 0.25) is 0 Å². The third kappa shape index (κ3) is 2.87. The van der Waals surface area contributed by atoms with Crippen molar-refractivity contribution in [1.82, 2.24) is 9.97 Å². The summed E-state index contributed by atoms with van der Waals surface area (Å²) in [6, 6.07) is 0. The van der Waals surface area contributed by atoms with E-state index < -0.39 is 0 Å². The average Bonchev–Trinajstić information content (AvgIpc) is 2.86. The first-order chi connectivity index (χ1) is 9.36. The molecule has 0 saturated carbocycles. The number of rotatable bonds is 3. The van der Waals surface area contributed by atoms with Gasteiger partial charge in [0.1, 0.15) is 17.5 Å². The van der Waals surface area contributed by atoms with Gasteiger partial charge >= 0.3 is 0 Å². The second kappa shape index (κ2) is 5.56. The van der Waals surface area contributed by atoms with E-state index in [0.717, 1.165) is 42.0 Å². The maximum atomic E-state index is 5.63. The summed E-state index contributed by atoms with van der Waals surface area (Å²) in [7, 11) is 0. The van der Waals surface area contributed by atoms with Crippen LogP contribution in [0.5, 0.6) is 0 Å². The molecule has 5 nitrogen and oxygen atoms in total. The number of nitrogens with two attached hydrogens (primary N) is 1. The van der Waals surface area contributed by atoms with E-state index in [9.17, 15) is 0 Å². The Morgan fingerprint density at radius 3 is 2.55 bits per heavy atom. The summed E-state index contributed by atoms with van der Waals surface area (Å²) in [6.07, 6.45) is 2.48. The summed E-state index contributed by atoms with van der Waals surface area (Å²) in [5, 5.41) is 0. The quantitative estimate of drug-likeness (QED) is 0.656. The Labute approximate surface area is 121 Å². The molecule has 1 aromatic rings. The van der Waals surface area contributed by atoms with Crippen LogP contribution in [-0.4, -0.2) is 23.1 Å². The number of hydrogen-bond acceptors (Lipinski definition) is 5. The van der Waals surface area contributed by atoms with Gasteiger partial charge in [0.15, 0.2) is 0 Å². The lowest BCUT2D eigenvalue weighted by Crippen LogP contribution is -2.26. The molecule has 1 aromatic heterocycles. The van der Waals surface area contributed by atoms with E-state index in [4.69, 9.17) is 10.8 Å². The van der Waals surface area contributed by atoms with Crippen LogP contribution in [0.25, 0.3) is 0 Å². The SMILES string of the molecule is CCC1CCN(c2nc(C(C)(C)C)nc(NN)c2C)C1. The molecular formula is C15H27N5. The largest absolute Gasteiger partial charge is 0.356 e. The van der Waals surface area contributed by atoms with Gasteiger partial charge in [0.25, 0.3) is 0 Å². The maximum absolute atomic E-state index is 5.63. The van der Waals surface area contributed by atoms with Crippen molar-refractivity contribution >= 4 is 11.6 Å². The second-order valence-electron chi connectivity index (χ2n) is 6.75. The molecule has 1 fully saturated rings. The molecule has 0 bridgehead atoms. The molecule has 0 spiro atoms. The number of nitrogens with one attached hydrogen (secondary N) is 1. The highest BCUT2D eigenvalue weighted by Gasteiger charge is 2.27. The van der Waals surface area contributed by atoms with Gasteiger partial charge in [-0.05, 0) is 19.3 Å². The standard InChI is InChI=1S/C15H27N5/c1-6-11-7-8-20(9-11)13-10(2)12(19-16)17-14(18-13)15(3,4)5/h11H,6-9,16H2,1-5H3,(H,17,18,19). The first-order valence-corrected chi connectivity index (χ1v) is 7.47. The van der Waals surface area contributed by atoms with Gasteiger partial charge in [0.05, 0.1) is 0 Å². The van der Waals surface area contributed by atoms with Crippen LogP contribution in [0, 0.1) is 12.8 Å². The van der Waals surface area contributed by atoms with Crippen molar-refractivity contribution in [3.63, 3.8) is 0 Å². The molecular weight excluding hydrogens is 250 g/mol. The van der Waals surface area contributed by atoms with E-state index in [2.05, 4.69) is 43.0 Å². The van der Waals surface area contributed by atoms with E-state index in [-0.39, 0.29) is 5.41 Å². The summed E-state index contributed by atoms with van der Waals surface area (Å²) in [5.74, 6) is 9.01. The van der Waals surface area contributed by atoms with Gasteiger partial charge in [0.2, 0.25) is 0 Å². The molecule has 112 valence electrons. The molecule has 2 rings (SSSR count). The summed E-state index contributed by atoms with van der Waals surface area (Å²) in [6.45, 7) is 12.8. The van der Waals surface area contributed by atoms with Gasteiger partial charge in [0, 0.05) is 24.1 Å². The molecule has 0 amide bonds. The third-order valence-corrected chi connectivity index (χ3v) is 4.09. The van der Waals surface area contributed by atoms with Crippen LogP contribution < -0.4 is 16.2 Å². The molecule has 2 heterocycles. The van der Waals surface area contributed by atoms with E-state index >= 15 is 0 Å². The zero-order valence-electron chi connectivity index (χ0n) is 13.3. The summed E-state index contributed by atoms with van der Waals surface area (Å²) < 4.78 is 0. The Kier molecular flexibility index (Phi) is 4.18. The summed E-state index contributed by atoms with van der Waals surface area (Å²) >= 11 is 0. The molecule has 1 aliphatic heterocycles. The lowest BCUT2D eigenvalue weighted by Gasteiger charge is -2.25. The van der Waals surface area contributed by atoms with E-state index in [1.54, 1.807) is 0 Å².